The molecule has 3 rings (SSSR count). The largest absolute Gasteiger partial charge is 0.308 e. The van der Waals surface area contributed by atoms with E-state index in [1.165, 1.54) is 25.7 Å². The third-order valence-electron chi connectivity index (χ3n) is 3.78. The lowest BCUT2D eigenvalue weighted by Crippen LogP contribution is -2.13. The van der Waals surface area contributed by atoms with Crippen LogP contribution in [0.1, 0.15) is 48.8 Å². The first-order chi connectivity index (χ1) is 9.85. The Hall–Kier alpha value is -2.01. The molecule has 1 fully saturated rings. The number of aromatic nitrogens is 3. The normalized spacial score (nSPS) is 15.4. The number of nitrogens with one attached hydrogen (secondary N) is 1. The van der Waals surface area contributed by atoms with Gasteiger partial charge < -0.3 is 5.43 Å². The van der Waals surface area contributed by atoms with Gasteiger partial charge in [0.2, 0.25) is 0 Å². The van der Waals surface area contributed by atoms with Crippen LogP contribution in [0.15, 0.2) is 30.5 Å². The summed E-state index contributed by atoms with van der Waals surface area (Å²) in [5.74, 6) is 7.54. The number of hydrazine groups is 1. The number of rotatable bonds is 4. The number of hydrogen-bond donors (Lipinski definition) is 2. The molecule has 1 saturated carbocycles. The van der Waals surface area contributed by atoms with Gasteiger partial charge in [0.15, 0.2) is 0 Å². The molecule has 0 spiro atoms. The lowest BCUT2D eigenvalue weighted by Gasteiger charge is -2.12. The highest BCUT2D eigenvalue weighted by atomic mass is 15.3. The number of hydrogen-bond acceptors (Lipinski definition) is 5. The fourth-order valence-corrected chi connectivity index (χ4v) is 2.77. The standard InChI is InChI=1S/C15H19N5/c16-20-15-10-13(11-5-1-2-6-11)18-14(19-15)9-12-7-3-4-8-17-12/h3-4,7-8,10-11H,1-2,5-6,9,16H2,(H,18,19,20). The highest BCUT2D eigenvalue weighted by Crippen LogP contribution is 2.33. The van der Waals surface area contributed by atoms with Crippen LogP contribution in [0.3, 0.4) is 0 Å². The molecule has 0 amide bonds. The minimum absolute atomic E-state index is 0.549. The number of pyridine rings is 1. The molecule has 0 unspecified atom stereocenters. The first-order valence-electron chi connectivity index (χ1n) is 7.09. The van der Waals surface area contributed by atoms with Crippen molar-refractivity contribution in [1.82, 2.24) is 15.0 Å². The highest BCUT2D eigenvalue weighted by Gasteiger charge is 2.20. The van der Waals surface area contributed by atoms with Gasteiger partial charge in [0.05, 0.1) is 6.42 Å². The molecule has 5 heteroatoms. The Morgan fingerprint density at radius 2 is 2.05 bits per heavy atom. The van der Waals surface area contributed by atoms with Crippen LogP contribution in [0.5, 0.6) is 0 Å². The van der Waals surface area contributed by atoms with Gasteiger partial charge in [0.25, 0.3) is 0 Å². The Morgan fingerprint density at radius 1 is 1.20 bits per heavy atom. The fourth-order valence-electron chi connectivity index (χ4n) is 2.77. The van der Waals surface area contributed by atoms with Crippen molar-refractivity contribution in [2.24, 2.45) is 5.84 Å². The van der Waals surface area contributed by atoms with Gasteiger partial charge in [-0.25, -0.2) is 15.8 Å². The molecule has 20 heavy (non-hydrogen) atoms. The summed E-state index contributed by atoms with van der Waals surface area (Å²) in [7, 11) is 0. The number of nitrogens with zero attached hydrogens (tertiary/aromatic N) is 3. The van der Waals surface area contributed by atoms with E-state index in [-0.39, 0.29) is 0 Å². The van der Waals surface area contributed by atoms with Crippen LogP contribution >= 0.6 is 0 Å². The first-order valence-corrected chi connectivity index (χ1v) is 7.09. The van der Waals surface area contributed by atoms with E-state index in [1.807, 2.05) is 24.3 Å². The predicted octanol–water partition coefficient (Wildman–Crippen LogP) is 2.41. The minimum atomic E-state index is 0.549. The summed E-state index contributed by atoms with van der Waals surface area (Å²) in [4.78, 5) is 13.5. The predicted molar refractivity (Wildman–Crippen MR) is 78.1 cm³/mol. The highest BCUT2D eigenvalue weighted by molar-refractivity contribution is 5.36. The Kier molecular flexibility index (Phi) is 3.87. The SMILES string of the molecule is NNc1cc(C2CCCC2)nc(Cc2ccccn2)n1. The molecule has 2 aromatic heterocycles. The van der Waals surface area contributed by atoms with Crippen molar-refractivity contribution >= 4 is 5.82 Å². The number of nitrogens with two attached hydrogens (primary N) is 1. The van der Waals surface area contributed by atoms with Crippen LogP contribution in [0.2, 0.25) is 0 Å². The molecule has 1 aliphatic carbocycles. The van der Waals surface area contributed by atoms with Crippen molar-refractivity contribution < 1.29 is 0 Å². The summed E-state index contributed by atoms with van der Waals surface area (Å²) in [6, 6.07) is 7.84. The first kappa shape index (κ1) is 13.0. The van der Waals surface area contributed by atoms with E-state index in [2.05, 4.69) is 15.4 Å². The molecule has 0 aliphatic heterocycles. The summed E-state index contributed by atoms with van der Waals surface area (Å²) >= 11 is 0. The van der Waals surface area contributed by atoms with Gasteiger partial charge in [-0.05, 0) is 25.0 Å². The third kappa shape index (κ3) is 2.93. The van der Waals surface area contributed by atoms with Crippen molar-refractivity contribution in [3.63, 3.8) is 0 Å². The molecular weight excluding hydrogens is 250 g/mol. The molecule has 2 aromatic rings. The van der Waals surface area contributed by atoms with E-state index in [0.717, 1.165) is 17.2 Å². The van der Waals surface area contributed by atoms with Crippen molar-refractivity contribution in [3.8, 4) is 0 Å². The lowest BCUT2D eigenvalue weighted by atomic mass is 10.0. The van der Waals surface area contributed by atoms with Gasteiger partial charge in [-0.3, -0.25) is 4.98 Å². The summed E-state index contributed by atoms with van der Waals surface area (Å²) in [5, 5.41) is 0. The van der Waals surface area contributed by atoms with Gasteiger partial charge >= 0.3 is 0 Å². The van der Waals surface area contributed by atoms with E-state index in [4.69, 9.17) is 10.8 Å². The zero-order valence-electron chi connectivity index (χ0n) is 11.4. The molecule has 0 bridgehead atoms. The second-order valence-electron chi connectivity index (χ2n) is 5.22. The van der Waals surface area contributed by atoms with Crippen molar-refractivity contribution in [2.75, 3.05) is 5.43 Å². The molecule has 5 nitrogen and oxygen atoms in total. The lowest BCUT2D eigenvalue weighted by molar-refractivity contribution is 0.686. The molecule has 0 atom stereocenters. The maximum Gasteiger partial charge on any atom is 0.143 e. The summed E-state index contributed by atoms with van der Waals surface area (Å²) in [6.07, 6.45) is 7.42. The number of anilines is 1. The molecular formula is C15H19N5. The van der Waals surface area contributed by atoms with Gasteiger partial charge in [0.1, 0.15) is 11.6 Å². The number of nitrogen functional groups attached to an aromatic ring is 1. The Morgan fingerprint density at radius 3 is 2.75 bits per heavy atom. The van der Waals surface area contributed by atoms with Crippen LogP contribution in [-0.4, -0.2) is 15.0 Å². The molecule has 3 N–H and O–H groups in total. The average Bonchev–Trinajstić information content (AvgIpc) is 3.02. The second-order valence-corrected chi connectivity index (χ2v) is 5.22. The Labute approximate surface area is 118 Å². The second kappa shape index (κ2) is 5.96. The molecule has 104 valence electrons. The van der Waals surface area contributed by atoms with Crippen LogP contribution in [0.25, 0.3) is 0 Å². The molecule has 0 aromatic carbocycles. The van der Waals surface area contributed by atoms with Crippen LogP contribution in [0, 0.1) is 0 Å². The third-order valence-corrected chi connectivity index (χ3v) is 3.78. The molecule has 2 heterocycles. The van der Waals surface area contributed by atoms with Crippen molar-refractivity contribution in [2.45, 2.75) is 38.0 Å². The van der Waals surface area contributed by atoms with E-state index in [0.29, 0.717) is 18.2 Å². The Balaban J connectivity index is 1.87. The zero-order valence-corrected chi connectivity index (χ0v) is 11.4. The van der Waals surface area contributed by atoms with Gasteiger partial charge in [-0.1, -0.05) is 18.9 Å². The van der Waals surface area contributed by atoms with Crippen LogP contribution < -0.4 is 11.3 Å². The summed E-state index contributed by atoms with van der Waals surface area (Å²) in [5.41, 5.74) is 4.72. The monoisotopic (exact) mass is 269 g/mol. The van der Waals surface area contributed by atoms with Gasteiger partial charge in [-0.2, -0.15) is 0 Å². The molecule has 0 saturated heterocycles. The van der Waals surface area contributed by atoms with Gasteiger partial charge in [-0.15, -0.1) is 0 Å². The van der Waals surface area contributed by atoms with Crippen LogP contribution in [0.4, 0.5) is 5.82 Å². The molecule has 1 aliphatic rings. The van der Waals surface area contributed by atoms with Crippen molar-refractivity contribution in [3.05, 3.63) is 47.7 Å². The fraction of sp³-hybridized carbons (Fsp3) is 0.400. The van der Waals surface area contributed by atoms with E-state index < -0.39 is 0 Å². The summed E-state index contributed by atoms with van der Waals surface area (Å²) in [6.45, 7) is 0. The van der Waals surface area contributed by atoms with E-state index in [9.17, 15) is 0 Å². The minimum Gasteiger partial charge on any atom is -0.308 e. The smallest absolute Gasteiger partial charge is 0.143 e. The van der Waals surface area contributed by atoms with Crippen molar-refractivity contribution in [1.29, 1.82) is 0 Å². The van der Waals surface area contributed by atoms with E-state index >= 15 is 0 Å². The summed E-state index contributed by atoms with van der Waals surface area (Å²) < 4.78 is 0. The van der Waals surface area contributed by atoms with E-state index in [1.54, 1.807) is 6.20 Å². The maximum absolute atomic E-state index is 5.52. The maximum atomic E-state index is 5.52. The zero-order chi connectivity index (χ0) is 13.8. The van der Waals surface area contributed by atoms with Gasteiger partial charge in [0, 0.05) is 29.6 Å². The van der Waals surface area contributed by atoms with Crippen LogP contribution in [-0.2, 0) is 6.42 Å². The molecule has 0 radical (unpaired) electrons. The quantitative estimate of drug-likeness (QED) is 0.658. The average molecular weight is 269 g/mol. The topological polar surface area (TPSA) is 76.7 Å². The Bertz CT molecular complexity index is 564.